The minimum Gasteiger partial charge on any atom is -0.298 e. The van der Waals surface area contributed by atoms with Crippen molar-refractivity contribution in [1.29, 1.82) is 0 Å². The molecule has 2 heteroatoms. The molecular formula is C12H19ClO. The summed E-state index contributed by atoms with van der Waals surface area (Å²) in [7, 11) is 0. The predicted molar refractivity (Wildman–Crippen MR) is 58.6 cm³/mol. The van der Waals surface area contributed by atoms with E-state index in [2.05, 4.69) is 0 Å². The van der Waals surface area contributed by atoms with Gasteiger partial charge in [0.2, 0.25) is 0 Å². The molecule has 2 aliphatic carbocycles. The second-order valence-corrected chi connectivity index (χ2v) is 5.24. The van der Waals surface area contributed by atoms with Gasteiger partial charge < -0.3 is 0 Å². The molecule has 2 saturated carbocycles. The fraction of sp³-hybridized carbons (Fsp3) is 0.917. The van der Waals surface area contributed by atoms with Gasteiger partial charge in [0.05, 0.1) is 5.38 Å². The van der Waals surface area contributed by atoms with Gasteiger partial charge >= 0.3 is 0 Å². The normalized spacial score (nSPS) is 39.8. The topological polar surface area (TPSA) is 17.1 Å². The summed E-state index contributed by atoms with van der Waals surface area (Å²) in [5, 5.41) is -0.139. The van der Waals surface area contributed by atoms with Crippen LogP contribution in [-0.4, -0.2) is 11.2 Å². The first-order valence-electron chi connectivity index (χ1n) is 5.98. The number of carbonyl (C=O) groups excluding carboxylic acids is 1. The van der Waals surface area contributed by atoms with Crippen LogP contribution >= 0.6 is 11.6 Å². The summed E-state index contributed by atoms with van der Waals surface area (Å²) in [6.45, 7) is 0. The standard InChI is InChI=1S/C12H19ClO/c13-11-9-7-5-3-1-2-4-6-8-10(9)12(11)14/h9-11H,1-8H2/t9-,10+,11+/m1/s1. The number of ketones is 1. The Hall–Kier alpha value is -0.0400. The van der Waals surface area contributed by atoms with E-state index in [0.717, 1.165) is 6.42 Å². The van der Waals surface area contributed by atoms with Crippen molar-refractivity contribution in [3.05, 3.63) is 0 Å². The Morgan fingerprint density at radius 1 is 0.929 bits per heavy atom. The Labute approximate surface area is 91.2 Å². The average Bonchev–Trinajstić information content (AvgIpc) is 2.23. The van der Waals surface area contributed by atoms with E-state index in [4.69, 9.17) is 11.6 Å². The Kier molecular flexibility index (Phi) is 3.48. The zero-order valence-electron chi connectivity index (χ0n) is 8.68. The van der Waals surface area contributed by atoms with Crippen molar-refractivity contribution in [3.8, 4) is 0 Å². The number of alkyl halides is 1. The van der Waals surface area contributed by atoms with E-state index in [1.807, 2.05) is 0 Å². The van der Waals surface area contributed by atoms with E-state index in [0.29, 0.717) is 17.6 Å². The van der Waals surface area contributed by atoms with E-state index in [9.17, 15) is 4.79 Å². The third-order valence-corrected chi connectivity index (χ3v) is 4.37. The number of hydrogen-bond acceptors (Lipinski definition) is 1. The molecule has 0 amide bonds. The van der Waals surface area contributed by atoms with Crippen LogP contribution in [0.1, 0.15) is 51.4 Å². The summed E-state index contributed by atoms with van der Waals surface area (Å²) in [5.41, 5.74) is 0. The van der Waals surface area contributed by atoms with Gasteiger partial charge in [-0.05, 0) is 18.8 Å². The van der Waals surface area contributed by atoms with Crippen LogP contribution in [0.25, 0.3) is 0 Å². The second kappa shape index (κ2) is 4.65. The third kappa shape index (κ3) is 1.98. The first-order valence-corrected chi connectivity index (χ1v) is 6.42. The molecule has 0 spiro atoms. The van der Waals surface area contributed by atoms with Gasteiger partial charge in [0.1, 0.15) is 0 Å². The molecule has 0 aromatic rings. The summed E-state index contributed by atoms with van der Waals surface area (Å²) < 4.78 is 0. The quantitative estimate of drug-likeness (QED) is 0.564. The van der Waals surface area contributed by atoms with Crippen LogP contribution in [0.3, 0.4) is 0 Å². The molecule has 0 radical (unpaired) electrons. The van der Waals surface area contributed by atoms with Gasteiger partial charge in [0, 0.05) is 5.92 Å². The maximum atomic E-state index is 11.5. The molecule has 1 nitrogen and oxygen atoms in total. The molecule has 80 valence electrons. The van der Waals surface area contributed by atoms with Crippen molar-refractivity contribution in [2.75, 3.05) is 0 Å². The highest BCUT2D eigenvalue weighted by Crippen LogP contribution is 2.42. The molecule has 2 rings (SSSR count). The SMILES string of the molecule is O=C1[C@@H](Cl)[C@@H]2CCCCCCCC[C@H]12. The van der Waals surface area contributed by atoms with Crippen molar-refractivity contribution >= 4 is 17.4 Å². The maximum Gasteiger partial charge on any atom is 0.154 e. The smallest absolute Gasteiger partial charge is 0.154 e. The lowest BCUT2D eigenvalue weighted by Crippen LogP contribution is -2.48. The van der Waals surface area contributed by atoms with Crippen molar-refractivity contribution in [2.45, 2.75) is 56.7 Å². The largest absolute Gasteiger partial charge is 0.298 e. The monoisotopic (exact) mass is 214 g/mol. The Bertz CT molecular complexity index is 214. The molecular weight excluding hydrogens is 196 g/mol. The summed E-state index contributed by atoms with van der Waals surface area (Å²) in [4.78, 5) is 11.5. The van der Waals surface area contributed by atoms with Gasteiger partial charge in [-0.25, -0.2) is 0 Å². The van der Waals surface area contributed by atoms with E-state index < -0.39 is 0 Å². The molecule has 0 aromatic carbocycles. The Balaban J connectivity index is 1.90. The van der Waals surface area contributed by atoms with Gasteiger partial charge in [0.15, 0.2) is 5.78 Å². The molecule has 0 unspecified atom stereocenters. The first-order chi connectivity index (χ1) is 6.80. The molecule has 0 N–H and O–H groups in total. The van der Waals surface area contributed by atoms with Crippen LogP contribution in [0, 0.1) is 11.8 Å². The maximum absolute atomic E-state index is 11.5. The molecule has 0 heterocycles. The minimum atomic E-state index is -0.139. The summed E-state index contributed by atoms with van der Waals surface area (Å²) in [6, 6.07) is 0. The number of rotatable bonds is 0. The number of Topliss-reactive ketones (excluding diaryl/α,β-unsaturated/α-hetero) is 1. The summed E-state index contributed by atoms with van der Waals surface area (Å²) in [6.07, 6.45) is 10.2. The lowest BCUT2D eigenvalue weighted by Gasteiger charge is -2.40. The second-order valence-electron chi connectivity index (χ2n) is 4.77. The van der Waals surface area contributed by atoms with Crippen molar-refractivity contribution in [2.24, 2.45) is 11.8 Å². The van der Waals surface area contributed by atoms with Gasteiger partial charge in [-0.1, -0.05) is 38.5 Å². The van der Waals surface area contributed by atoms with Crippen molar-refractivity contribution < 1.29 is 4.79 Å². The van der Waals surface area contributed by atoms with Gasteiger partial charge in [0.25, 0.3) is 0 Å². The molecule has 14 heavy (non-hydrogen) atoms. The van der Waals surface area contributed by atoms with Gasteiger partial charge in [-0.15, -0.1) is 11.6 Å². The highest BCUT2D eigenvalue weighted by Gasteiger charge is 2.47. The number of halogens is 1. The molecule has 3 atom stereocenters. The number of hydrogen-bond donors (Lipinski definition) is 0. The fourth-order valence-corrected chi connectivity index (χ4v) is 3.33. The molecule has 2 fully saturated rings. The fourth-order valence-electron chi connectivity index (χ4n) is 2.87. The van der Waals surface area contributed by atoms with Crippen LogP contribution in [-0.2, 0) is 4.79 Å². The van der Waals surface area contributed by atoms with Crippen LogP contribution in [0.5, 0.6) is 0 Å². The Morgan fingerprint density at radius 2 is 1.50 bits per heavy atom. The summed E-state index contributed by atoms with van der Waals surface area (Å²) >= 11 is 6.04. The predicted octanol–water partition coefficient (Wildman–Crippen LogP) is 3.54. The molecule has 0 bridgehead atoms. The van der Waals surface area contributed by atoms with Crippen LogP contribution < -0.4 is 0 Å². The highest BCUT2D eigenvalue weighted by molar-refractivity contribution is 6.34. The zero-order valence-corrected chi connectivity index (χ0v) is 9.43. The van der Waals surface area contributed by atoms with E-state index in [1.54, 1.807) is 0 Å². The molecule has 0 aliphatic heterocycles. The summed E-state index contributed by atoms with van der Waals surface area (Å²) in [5.74, 6) is 1.18. The van der Waals surface area contributed by atoms with Crippen molar-refractivity contribution in [1.82, 2.24) is 0 Å². The highest BCUT2D eigenvalue weighted by atomic mass is 35.5. The molecule has 2 aliphatic rings. The minimum absolute atomic E-state index is 0.139. The number of fused-ring (bicyclic) bond motifs is 1. The zero-order chi connectivity index (χ0) is 9.97. The molecule has 0 aromatic heterocycles. The van der Waals surface area contributed by atoms with Crippen molar-refractivity contribution in [3.63, 3.8) is 0 Å². The van der Waals surface area contributed by atoms with Crippen LogP contribution in [0.15, 0.2) is 0 Å². The lowest BCUT2D eigenvalue weighted by molar-refractivity contribution is -0.134. The van der Waals surface area contributed by atoms with Gasteiger partial charge in [-0.2, -0.15) is 0 Å². The van der Waals surface area contributed by atoms with Crippen LogP contribution in [0.2, 0.25) is 0 Å². The van der Waals surface area contributed by atoms with Gasteiger partial charge in [-0.3, -0.25) is 4.79 Å². The Morgan fingerprint density at radius 3 is 2.21 bits per heavy atom. The average molecular weight is 215 g/mol. The third-order valence-electron chi connectivity index (χ3n) is 3.83. The van der Waals surface area contributed by atoms with E-state index in [1.165, 1.54) is 44.9 Å². The first kappa shape index (κ1) is 10.5. The number of carbonyl (C=O) groups is 1. The lowest BCUT2D eigenvalue weighted by atomic mass is 9.67. The van der Waals surface area contributed by atoms with E-state index >= 15 is 0 Å². The van der Waals surface area contributed by atoms with Crippen LogP contribution in [0.4, 0.5) is 0 Å². The molecule has 0 saturated heterocycles. The van der Waals surface area contributed by atoms with E-state index in [-0.39, 0.29) is 5.38 Å².